The summed E-state index contributed by atoms with van der Waals surface area (Å²) in [5.74, 6) is 0.313. The van der Waals surface area contributed by atoms with Crippen molar-refractivity contribution in [3.8, 4) is 0 Å². The predicted octanol–water partition coefficient (Wildman–Crippen LogP) is 3.52. The van der Waals surface area contributed by atoms with Crippen molar-refractivity contribution >= 4 is 0 Å². The van der Waals surface area contributed by atoms with E-state index < -0.39 is 11.8 Å². The third kappa shape index (κ3) is 3.15. The summed E-state index contributed by atoms with van der Waals surface area (Å²) in [6.45, 7) is 5.91. The SMILES string of the molecule is CC.CC1CCC(O)(C(F)(F)F)CC1. The molecule has 1 aliphatic rings. The summed E-state index contributed by atoms with van der Waals surface area (Å²) < 4.78 is 36.6. The summed E-state index contributed by atoms with van der Waals surface area (Å²) in [6.07, 6.45) is -3.80. The fourth-order valence-corrected chi connectivity index (χ4v) is 1.52. The number of hydrogen-bond donors (Lipinski definition) is 1. The molecule has 1 rings (SSSR count). The lowest BCUT2D eigenvalue weighted by atomic mass is 9.79. The highest BCUT2D eigenvalue weighted by Crippen LogP contribution is 2.42. The summed E-state index contributed by atoms with van der Waals surface area (Å²) in [4.78, 5) is 0. The van der Waals surface area contributed by atoms with Gasteiger partial charge in [-0.25, -0.2) is 0 Å². The maximum absolute atomic E-state index is 12.2. The van der Waals surface area contributed by atoms with Crippen molar-refractivity contribution in [3.63, 3.8) is 0 Å². The zero-order valence-corrected chi connectivity index (χ0v) is 8.99. The lowest BCUT2D eigenvalue weighted by Gasteiger charge is -2.36. The van der Waals surface area contributed by atoms with E-state index in [-0.39, 0.29) is 12.8 Å². The Morgan fingerprint density at radius 1 is 1.14 bits per heavy atom. The van der Waals surface area contributed by atoms with Crippen LogP contribution in [-0.2, 0) is 0 Å². The van der Waals surface area contributed by atoms with E-state index in [0.29, 0.717) is 18.8 Å². The highest BCUT2D eigenvalue weighted by atomic mass is 19.4. The van der Waals surface area contributed by atoms with Crippen molar-refractivity contribution in [2.24, 2.45) is 5.92 Å². The lowest BCUT2D eigenvalue weighted by Crippen LogP contribution is -2.47. The van der Waals surface area contributed by atoms with Gasteiger partial charge in [-0.2, -0.15) is 13.2 Å². The van der Waals surface area contributed by atoms with Crippen LogP contribution in [0.4, 0.5) is 13.2 Å². The van der Waals surface area contributed by atoms with E-state index in [2.05, 4.69) is 0 Å². The van der Waals surface area contributed by atoms with Gasteiger partial charge < -0.3 is 5.11 Å². The van der Waals surface area contributed by atoms with Crippen molar-refractivity contribution in [2.45, 2.75) is 58.2 Å². The Balaban J connectivity index is 0.000000791. The number of halogens is 3. The van der Waals surface area contributed by atoms with Gasteiger partial charge in [-0.05, 0) is 31.6 Å². The first-order valence-electron chi connectivity index (χ1n) is 5.14. The number of alkyl halides is 3. The molecule has 1 N–H and O–H groups in total. The van der Waals surface area contributed by atoms with Gasteiger partial charge in [0.25, 0.3) is 0 Å². The average molecular weight is 212 g/mol. The molecular formula is C10H19F3O. The van der Waals surface area contributed by atoms with Crippen LogP contribution in [0, 0.1) is 5.92 Å². The molecule has 4 heteroatoms. The molecule has 1 aliphatic carbocycles. The van der Waals surface area contributed by atoms with E-state index in [9.17, 15) is 18.3 Å². The highest BCUT2D eigenvalue weighted by molar-refractivity contribution is 4.90. The van der Waals surface area contributed by atoms with Crippen LogP contribution in [0.1, 0.15) is 46.5 Å². The summed E-state index contributed by atoms with van der Waals surface area (Å²) >= 11 is 0. The molecule has 86 valence electrons. The topological polar surface area (TPSA) is 20.2 Å². The minimum absolute atomic E-state index is 0.141. The first-order valence-corrected chi connectivity index (χ1v) is 5.14. The second-order valence-electron chi connectivity index (χ2n) is 3.71. The monoisotopic (exact) mass is 212 g/mol. The number of rotatable bonds is 0. The number of aliphatic hydroxyl groups is 1. The quantitative estimate of drug-likeness (QED) is 0.651. The highest BCUT2D eigenvalue weighted by Gasteiger charge is 2.54. The summed E-state index contributed by atoms with van der Waals surface area (Å²) in [5, 5.41) is 9.20. The van der Waals surface area contributed by atoms with Gasteiger partial charge >= 0.3 is 6.18 Å². The van der Waals surface area contributed by atoms with Gasteiger partial charge in [0.05, 0.1) is 0 Å². The van der Waals surface area contributed by atoms with Gasteiger partial charge in [0.1, 0.15) is 0 Å². The molecule has 0 aromatic carbocycles. The van der Waals surface area contributed by atoms with Gasteiger partial charge in [0.15, 0.2) is 5.60 Å². The van der Waals surface area contributed by atoms with Crippen LogP contribution in [0.2, 0.25) is 0 Å². The third-order valence-electron chi connectivity index (χ3n) is 2.63. The van der Waals surface area contributed by atoms with Gasteiger partial charge in [0, 0.05) is 0 Å². The maximum Gasteiger partial charge on any atom is 0.417 e. The van der Waals surface area contributed by atoms with Crippen LogP contribution in [0.5, 0.6) is 0 Å². The van der Waals surface area contributed by atoms with Crippen LogP contribution in [0.25, 0.3) is 0 Å². The van der Waals surface area contributed by atoms with Gasteiger partial charge in [-0.3, -0.25) is 0 Å². The molecule has 0 aromatic rings. The Labute approximate surface area is 83.3 Å². The fraction of sp³-hybridized carbons (Fsp3) is 1.00. The maximum atomic E-state index is 12.2. The largest absolute Gasteiger partial charge is 0.417 e. The molecule has 1 saturated carbocycles. The van der Waals surface area contributed by atoms with E-state index in [4.69, 9.17) is 0 Å². The molecule has 0 radical (unpaired) electrons. The molecule has 0 unspecified atom stereocenters. The zero-order chi connectivity index (χ0) is 11.4. The molecule has 0 aromatic heterocycles. The first-order chi connectivity index (χ1) is 6.35. The molecule has 0 heterocycles. The van der Waals surface area contributed by atoms with Crippen molar-refractivity contribution in [2.75, 3.05) is 0 Å². The Hall–Kier alpha value is -0.250. The molecule has 0 atom stereocenters. The number of hydrogen-bond acceptors (Lipinski definition) is 1. The van der Waals surface area contributed by atoms with E-state index in [1.807, 2.05) is 20.8 Å². The molecule has 0 amide bonds. The average Bonchev–Trinajstić information content (AvgIpc) is 2.12. The standard InChI is InChI=1S/C8H13F3O.C2H6/c1-6-2-4-7(12,5-3-6)8(9,10)11;1-2/h6,12H,2-5H2,1H3;1-2H3. The molecule has 0 spiro atoms. The molecule has 14 heavy (non-hydrogen) atoms. The van der Waals surface area contributed by atoms with E-state index in [0.717, 1.165) is 0 Å². The molecule has 0 bridgehead atoms. The van der Waals surface area contributed by atoms with Crippen LogP contribution in [0.15, 0.2) is 0 Å². The van der Waals surface area contributed by atoms with Crippen molar-refractivity contribution in [1.82, 2.24) is 0 Å². The molecule has 1 nitrogen and oxygen atoms in total. The van der Waals surface area contributed by atoms with Crippen LogP contribution in [-0.4, -0.2) is 16.9 Å². The van der Waals surface area contributed by atoms with E-state index in [1.165, 1.54) is 0 Å². The van der Waals surface area contributed by atoms with Gasteiger partial charge in [0.2, 0.25) is 0 Å². The van der Waals surface area contributed by atoms with Crippen molar-refractivity contribution in [1.29, 1.82) is 0 Å². The first kappa shape index (κ1) is 13.8. The van der Waals surface area contributed by atoms with E-state index >= 15 is 0 Å². The fourth-order valence-electron chi connectivity index (χ4n) is 1.52. The lowest BCUT2D eigenvalue weighted by molar-refractivity contribution is -0.271. The Bertz CT molecular complexity index is 157. The predicted molar refractivity (Wildman–Crippen MR) is 50.0 cm³/mol. The molecule has 0 saturated heterocycles. The van der Waals surface area contributed by atoms with Gasteiger partial charge in [-0.1, -0.05) is 20.8 Å². The molecule has 0 aliphatic heterocycles. The summed E-state index contributed by atoms with van der Waals surface area (Å²) in [6, 6.07) is 0. The van der Waals surface area contributed by atoms with Crippen molar-refractivity contribution < 1.29 is 18.3 Å². The van der Waals surface area contributed by atoms with Crippen LogP contribution >= 0.6 is 0 Å². The second kappa shape index (κ2) is 5.01. The minimum atomic E-state index is -4.45. The van der Waals surface area contributed by atoms with Crippen LogP contribution in [0.3, 0.4) is 0 Å². The minimum Gasteiger partial charge on any atom is -0.380 e. The molecular weight excluding hydrogens is 193 g/mol. The Kier molecular flexibility index (Phi) is 4.92. The molecule has 1 fully saturated rings. The van der Waals surface area contributed by atoms with Crippen molar-refractivity contribution in [3.05, 3.63) is 0 Å². The summed E-state index contributed by atoms with van der Waals surface area (Å²) in [5.41, 5.74) is -2.40. The van der Waals surface area contributed by atoms with E-state index in [1.54, 1.807) is 0 Å². The van der Waals surface area contributed by atoms with Gasteiger partial charge in [-0.15, -0.1) is 0 Å². The third-order valence-corrected chi connectivity index (χ3v) is 2.63. The zero-order valence-electron chi connectivity index (χ0n) is 8.99. The Morgan fingerprint density at radius 2 is 1.50 bits per heavy atom. The normalized spacial score (nSPS) is 33.2. The van der Waals surface area contributed by atoms with Crippen LogP contribution < -0.4 is 0 Å². The smallest absolute Gasteiger partial charge is 0.380 e. The Morgan fingerprint density at radius 3 is 1.79 bits per heavy atom. The summed E-state index contributed by atoms with van der Waals surface area (Å²) in [7, 11) is 0. The second-order valence-corrected chi connectivity index (χ2v) is 3.71.